The molecule has 0 saturated heterocycles. The van der Waals surface area contributed by atoms with Crippen molar-refractivity contribution in [1.82, 2.24) is 9.97 Å². The van der Waals surface area contributed by atoms with E-state index in [1.807, 2.05) is 61.5 Å². The number of benzene rings is 2. The van der Waals surface area contributed by atoms with Gasteiger partial charge in [0, 0.05) is 22.8 Å². The highest BCUT2D eigenvalue weighted by Crippen LogP contribution is 2.26. The number of aryl methyl sites for hydroxylation is 1. The highest BCUT2D eigenvalue weighted by molar-refractivity contribution is 6.30. The Morgan fingerprint density at radius 2 is 1.70 bits per heavy atom. The van der Waals surface area contributed by atoms with Crippen LogP contribution >= 0.6 is 11.6 Å². The fourth-order valence-corrected chi connectivity index (χ4v) is 2.80. The lowest BCUT2D eigenvalue weighted by atomic mass is 10.2. The average Bonchev–Trinajstić information content (AvgIpc) is 3.46. The first kappa shape index (κ1) is 17.6. The highest BCUT2D eigenvalue weighted by atomic mass is 35.5. The number of nitrogens with one attached hydrogen (secondary N) is 2. The Morgan fingerprint density at radius 1 is 1.00 bits per heavy atom. The molecule has 5 nitrogen and oxygen atoms in total. The van der Waals surface area contributed by atoms with Gasteiger partial charge in [0.05, 0.1) is 0 Å². The van der Waals surface area contributed by atoms with Crippen LogP contribution in [0.15, 0.2) is 54.6 Å². The third-order valence-corrected chi connectivity index (χ3v) is 4.46. The predicted molar refractivity (Wildman–Crippen MR) is 109 cm³/mol. The molecule has 0 amide bonds. The molecular weight excluding hydrogens is 360 g/mol. The highest BCUT2D eigenvalue weighted by Gasteiger charge is 2.21. The molecule has 27 heavy (non-hydrogen) atoms. The van der Waals surface area contributed by atoms with E-state index in [1.54, 1.807) is 0 Å². The van der Waals surface area contributed by atoms with Gasteiger partial charge in [-0.15, -0.1) is 0 Å². The van der Waals surface area contributed by atoms with Gasteiger partial charge < -0.3 is 15.4 Å². The molecule has 1 aromatic heterocycles. The SMILES string of the molecule is Cc1nc(Nc2ccc(OCc3ccc(Cl)cc3)cc2)cc(NC2CC2)n1. The van der Waals surface area contributed by atoms with E-state index >= 15 is 0 Å². The lowest BCUT2D eigenvalue weighted by Crippen LogP contribution is -2.06. The van der Waals surface area contributed by atoms with Crippen LogP contribution in [-0.4, -0.2) is 16.0 Å². The van der Waals surface area contributed by atoms with Gasteiger partial charge in [-0.05, 0) is 61.7 Å². The summed E-state index contributed by atoms with van der Waals surface area (Å²) in [5.74, 6) is 3.20. The fourth-order valence-electron chi connectivity index (χ4n) is 2.67. The summed E-state index contributed by atoms with van der Waals surface area (Å²) in [6.45, 7) is 2.40. The third kappa shape index (κ3) is 5.11. The van der Waals surface area contributed by atoms with Crippen molar-refractivity contribution in [2.75, 3.05) is 10.6 Å². The topological polar surface area (TPSA) is 59.1 Å². The van der Waals surface area contributed by atoms with E-state index in [1.165, 1.54) is 12.8 Å². The molecule has 6 heteroatoms. The summed E-state index contributed by atoms with van der Waals surface area (Å²) in [5, 5.41) is 7.46. The van der Waals surface area contributed by atoms with Crippen molar-refractivity contribution in [1.29, 1.82) is 0 Å². The quantitative estimate of drug-likeness (QED) is 0.579. The van der Waals surface area contributed by atoms with Crippen molar-refractivity contribution in [3.63, 3.8) is 0 Å². The van der Waals surface area contributed by atoms with E-state index in [0.717, 1.165) is 39.5 Å². The number of anilines is 3. The van der Waals surface area contributed by atoms with Gasteiger partial charge in [0.15, 0.2) is 0 Å². The summed E-state index contributed by atoms with van der Waals surface area (Å²) in [6, 6.07) is 18.0. The minimum absolute atomic E-state index is 0.505. The Balaban J connectivity index is 1.37. The Kier molecular flexibility index (Phi) is 5.12. The molecule has 2 N–H and O–H groups in total. The number of hydrogen-bond donors (Lipinski definition) is 2. The first-order chi connectivity index (χ1) is 13.1. The lowest BCUT2D eigenvalue weighted by Gasteiger charge is -2.11. The van der Waals surface area contributed by atoms with Gasteiger partial charge >= 0.3 is 0 Å². The van der Waals surface area contributed by atoms with Gasteiger partial charge in [-0.3, -0.25) is 0 Å². The second-order valence-electron chi connectivity index (χ2n) is 6.67. The van der Waals surface area contributed by atoms with Crippen LogP contribution in [0.3, 0.4) is 0 Å². The molecule has 0 atom stereocenters. The molecule has 1 saturated carbocycles. The van der Waals surface area contributed by atoms with Gasteiger partial charge in [-0.25, -0.2) is 9.97 Å². The largest absolute Gasteiger partial charge is 0.489 e. The van der Waals surface area contributed by atoms with Crippen LogP contribution in [-0.2, 0) is 6.61 Å². The van der Waals surface area contributed by atoms with E-state index in [4.69, 9.17) is 16.3 Å². The Morgan fingerprint density at radius 3 is 2.41 bits per heavy atom. The molecule has 1 aliphatic carbocycles. The molecule has 0 spiro atoms. The number of halogens is 1. The lowest BCUT2D eigenvalue weighted by molar-refractivity contribution is 0.306. The van der Waals surface area contributed by atoms with Gasteiger partial charge in [-0.2, -0.15) is 0 Å². The van der Waals surface area contributed by atoms with Crippen LogP contribution in [0.2, 0.25) is 5.02 Å². The number of aromatic nitrogens is 2. The van der Waals surface area contributed by atoms with Crippen molar-refractivity contribution in [3.8, 4) is 5.75 Å². The zero-order valence-electron chi connectivity index (χ0n) is 15.1. The van der Waals surface area contributed by atoms with Gasteiger partial charge in [0.25, 0.3) is 0 Å². The van der Waals surface area contributed by atoms with Gasteiger partial charge in [-0.1, -0.05) is 23.7 Å². The molecule has 1 fully saturated rings. The van der Waals surface area contributed by atoms with Crippen LogP contribution in [0, 0.1) is 6.92 Å². The van der Waals surface area contributed by atoms with Crippen LogP contribution in [0.25, 0.3) is 0 Å². The summed E-state index contributed by atoms with van der Waals surface area (Å²) in [6.07, 6.45) is 2.42. The maximum Gasteiger partial charge on any atom is 0.136 e. The first-order valence-corrected chi connectivity index (χ1v) is 9.38. The van der Waals surface area contributed by atoms with E-state index in [0.29, 0.717) is 12.6 Å². The van der Waals surface area contributed by atoms with E-state index in [-0.39, 0.29) is 0 Å². The second kappa shape index (κ2) is 7.84. The minimum Gasteiger partial charge on any atom is -0.489 e. The number of rotatable bonds is 7. The Hall–Kier alpha value is -2.79. The molecule has 2 aromatic carbocycles. The van der Waals surface area contributed by atoms with E-state index in [2.05, 4.69) is 20.6 Å². The standard InChI is InChI=1S/C21H21ClN4O/c1-14-23-20(25-17-6-7-17)12-21(24-14)26-18-8-10-19(11-9-18)27-13-15-2-4-16(22)5-3-15/h2-5,8-12,17H,6-7,13H2,1H3,(H2,23,24,25,26). The maximum atomic E-state index is 5.90. The normalized spacial score (nSPS) is 13.3. The average molecular weight is 381 g/mol. The van der Waals surface area contributed by atoms with Crippen molar-refractivity contribution in [3.05, 3.63) is 71.0 Å². The van der Waals surface area contributed by atoms with E-state index in [9.17, 15) is 0 Å². The summed E-state index contributed by atoms with van der Waals surface area (Å²) >= 11 is 5.90. The van der Waals surface area contributed by atoms with Crippen molar-refractivity contribution >= 4 is 28.9 Å². The third-order valence-electron chi connectivity index (χ3n) is 4.21. The molecule has 1 heterocycles. The Bertz CT molecular complexity index is 908. The maximum absolute atomic E-state index is 5.90. The summed E-state index contributed by atoms with van der Waals surface area (Å²) in [4.78, 5) is 8.90. The fraction of sp³-hybridized carbons (Fsp3) is 0.238. The van der Waals surface area contributed by atoms with Crippen molar-refractivity contribution in [2.24, 2.45) is 0 Å². The molecule has 0 aliphatic heterocycles. The molecule has 3 aromatic rings. The van der Waals surface area contributed by atoms with Crippen LogP contribution in [0.5, 0.6) is 5.75 Å². The Labute approximate surface area is 163 Å². The van der Waals surface area contributed by atoms with Crippen LogP contribution < -0.4 is 15.4 Å². The molecule has 0 bridgehead atoms. The van der Waals surface area contributed by atoms with Crippen molar-refractivity contribution in [2.45, 2.75) is 32.4 Å². The van der Waals surface area contributed by atoms with E-state index < -0.39 is 0 Å². The van der Waals surface area contributed by atoms with Gasteiger partial charge in [0.2, 0.25) is 0 Å². The predicted octanol–water partition coefficient (Wildman–Crippen LogP) is 5.34. The first-order valence-electron chi connectivity index (χ1n) is 9.01. The number of ether oxygens (including phenoxy) is 1. The summed E-state index contributed by atoms with van der Waals surface area (Å²) < 4.78 is 5.82. The van der Waals surface area contributed by atoms with Gasteiger partial charge in [0.1, 0.15) is 29.8 Å². The smallest absolute Gasteiger partial charge is 0.136 e. The molecular formula is C21H21ClN4O. The molecule has 0 unspecified atom stereocenters. The van der Waals surface area contributed by atoms with Crippen LogP contribution in [0.4, 0.5) is 17.3 Å². The summed E-state index contributed by atoms with van der Waals surface area (Å²) in [5.41, 5.74) is 2.03. The van der Waals surface area contributed by atoms with Crippen molar-refractivity contribution < 1.29 is 4.74 Å². The molecule has 4 rings (SSSR count). The number of hydrogen-bond acceptors (Lipinski definition) is 5. The summed E-state index contributed by atoms with van der Waals surface area (Å²) in [7, 11) is 0. The zero-order valence-corrected chi connectivity index (χ0v) is 15.8. The van der Waals surface area contributed by atoms with Crippen LogP contribution in [0.1, 0.15) is 24.2 Å². The molecule has 138 valence electrons. The zero-order chi connectivity index (χ0) is 18.6. The minimum atomic E-state index is 0.505. The number of nitrogens with zero attached hydrogens (tertiary/aromatic N) is 2. The second-order valence-corrected chi connectivity index (χ2v) is 7.11. The molecule has 1 aliphatic rings. The molecule has 0 radical (unpaired) electrons. The monoisotopic (exact) mass is 380 g/mol.